The van der Waals surface area contributed by atoms with E-state index >= 15 is 0 Å². The zero-order chi connectivity index (χ0) is 10.4. The lowest BCUT2D eigenvalue weighted by atomic mass is 10.2. The first kappa shape index (κ1) is 8.49. The van der Waals surface area contributed by atoms with Crippen molar-refractivity contribution >= 4 is 39.5 Å². The Morgan fingerprint density at radius 1 is 1.20 bits per heavy atom. The van der Waals surface area contributed by atoms with Crippen molar-refractivity contribution in [3.63, 3.8) is 0 Å². The van der Waals surface area contributed by atoms with Gasteiger partial charge in [0.05, 0.1) is 5.39 Å². The molecule has 0 aliphatic carbocycles. The lowest BCUT2D eigenvalue weighted by Crippen LogP contribution is -1.94. The average Bonchev–Trinajstić information content (AvgIpc) is 2.54. The predicted molar refractivity (Wildman–Crippen MR) is 60.8 cm³/mol. The molecule has 0 fully saturated rings. The second-order valence-electron chi connectivity index (χ2n) is 3.27. The third-order valence-electron chi connectivity index (χ3n) is 2.33. The van der Waals surface area contributed by atoms with E-state index in [0.29, 0.717) is 10.8 Å². The summed E-state index contributed by atoms with van der Waals surface area (Å²) in [7, 11) is 0. The molecule has 1 aromatic carbocycles. The molecule has 74 valence electrons. The maximum Gasteiger partial charge on any atom is 0.223 e. The Bertz CT molecular complexity index is 659. The Kier molecular flexibility index (Phi) is 1.61. The number of rotatable bonds is 0. The number of anilines is 1. The molecule has 2 heterocycles. The fourth-order valence-corrected chi connectivity index (χ4v) is 1.99. The number of H-pyrrole nitrogens is 1. The number of hydrogen-bond acceptors (Lipinski definition) is 3. The van der Waals surface area contributed by atoms with Gasteiger partial charge in [0.15, 0.2) is 0 Å². The molecular formula is C10H7ClN4. The van der Waals surface area contributed by atoms with Crippen molar-refractivity contribution in [3.8, 4) is 0 Å². The summed E-state index contributed by atoms with van der Waals surface area (Å²) >= 11 is 6.03. The predicted octanol–water partition coefficient (Wildman–Crippen LogP) is 2.35. The minimum absolute atomic E-state index is 0.180. The van der Waals surface area contributed by atoms with Crippen LogP contribution in [0.4, 0.5) is 5.95 Å². The van der Waals surface area contributed by atoms with Crippen LogP contribution in [0.2, 0.25) is 5.15 Å². The van der Waals surface area contributed by atoms with Crippen molar-refractivity contribution in [2.75, 3.05) is 5.73 Å². The fourth-order valence-electron chi connectivity index (χ4n) is 1.72. The van der Waals surface area contributed by atoms with Crippen molar-refractivity contribution < 1.29 is 0 Å². The van der Waals surface area contributed by atoms with Gasteiger partial charge in [-0.15, -0.1) is 0 Å². The van der Waals surface area contributed by atoms with Crippen LogP contribution in [-0.2, 0) is 0 Å². The van der Waals surface area contributed by atoms with E-state index in [9.17, 15) is 0 Å². The molecule has 3 aromatic rings. The SMILES string of the molecule is Nc1nc(Cl)c2c(n1)[nH]c1ccccc12. The summed E-state index contributed by atoms with van der Waals surface area (Å²) in [6, 6.07) is 7.83. The second-order valence-corrected chi connectivity index (χ2v) is 3.62. The number of aromatic nitrogens is 3. The van der Waals surface area contributed by atoms with Crippen molar-refractivity contribution in [3.05, 3.63) is 29.4 Å². The Morgan fingerprint density at radius 2 is 2.00 bits per heavy atom. The molecule has 0 saturated heterocycles. The Labute approximate surface area is 90.1 Å². The van der Waals surface area contributed by atoms with Gasteiger partial charge >= 0.3 is 0 Å². The highest BCUT2D eigenvalue weighted by molar-refractivity contribution is 6.36. The van der Waals surface area contributed by atoms with Crippen molar-refractivity contribution in [1.29, 1.82) is 0 Å². The van der Waals surface area contributed by atoms with Crippen LogP contribution in [0.5, 0.6) is 0 Å². The molecule has 5 heteroatoms. The number of halogens is 1. The van der Waals surface area contributed by atoms with E-state index in [0.717, 1.165) is 16.3 Å². The van der Waals surface area contributed by atoms with E-state index in [1.807, 2.05) is 24.3 Å². The number of nitrogens with two attached hydrogens (primary N) is 1. The fraction of sp³-hybridized carbons (Fsp3) is 0. The molecule has 15 heavy (non-hydrogen) atoms. The van der Waals surface area contributed by atoms with Crippen LogP contribution in [0.3, 0.4) is 0 Å². The standard InChI is InChI=1S/C10H7ClN4/c11-8-7-5-3-1-2-4-6(5)13-9(7)15-10(12)14-8/h1-4H,(H3,12,13,14,15). The van der Waals surface area contributed by atoms with Crippen LogP contribution < -0.4 is 5.73 Å². The van der Waals surface area contributed by atoms with Crippen molar-refractivity contribution in [1.82, 2.24) is 15.0 Å². The smallest absolute Gasteiger partial charge is 0.223 e. The average molecular weight is 219 g/mol. The van der Waals surface area contributed by atoms with Crippen LogP contribution in [0.1, 0.15) is 0 Å². The van der Waals surface area contributed by atoms with E-state index in [2.05, 4.69) is 15.0 Å². The van der Waals surface area contributed by atoms with Crippen LogP contribution in [-0.4, -0.2) is 15.0 Å². The maximum atomic E-state index is 6.03. The number of hydrogen-bond donors (Lipinski definition) is 2. The summed E-state index contributed by atoms with van der Waals surface area (Å²) in [5.74, 6) is 0.180. The number of benzene rings is 1. The number of nitrogen functional groups attached to an aromatic ring is 1. The molecule has 0 radical (unpaired) electrons. The van der Waals surface area contributed by atoms with Crippen LogP contribution in [0.15, 0.2) is 24.3 Å². The monoisotopic (exact) mass is 218 g/mol. The number of fused-ring (bicyclic) bond motifs is 3. The van der Waals surface area contributed by atoms with Gasteiger partial charge in [0.2, 0.25) is 5.95 Å². The van der Waals surface area contributed by atoms with E-state index < -0.39 is 0 Å². The highest BCUT2D eigenvalue weighted by atomic mass is 35.5. The second kappa shape index (κ2) is 2.84. The summed E-state index contributed by atoms with van der Waals surface area (Å²) in [6.45, 7) is 0. The molecule has 0 aliphatic rings. The normalized spacial score (nSPS) is 11.3. The van der Waals surface area contributed by atoms with E-state index in [1.54, 1.807) is 0 Å². The first-order valence-electron chi connectivity index (χ1n) is 4.45. The first-order valence-corrected chi connectivity index (χ1v) is 4.83. The van der Waals surface area contributed by atoms with E-state index in [1.165, 1.54) is 0 Å². The Hall–Kier alpha value is -1.81. The maximum absolute atomic E-state index is 6.03. The van der Waals surface area contributed by atoms with Gasteiger partial charge in [0, 0.05) is 10.9 Å². The highest BCUT2D eigenvalue weighted by Gasteiger charge is 2.10. The van der Waals surface area contributed by atoms with Gasteiger partial charge < -0.3 is 10.7 Å². The van der Waals surface area contributed by atoms with Gasteiger partial charge in [-0.2, -0.15) is 4.98 Å². The van der Waals surface area contributed by atoms with Gasteiger partial charge in [-0.25, -0.2) is 4.98 Å². The van der Waals surface area contributed by atoms with Gasteiger partial charge in [-0.3, -0.25) is 0 Å². The molecule has 0 amide bonds. The zero-order valence-corrected chi connectivity index (χ0v) is 8.42. The van der Waals surface area contributed by atoms with Gasteiger partial charge in [-0.05, 0) is 6.07 Å². The van der Waals surface area contributed by atoms with E-state index in [-0.39, 0.29) is 5.95 Å². The minimum Gasteiger partial charge on any atom is -0.368 e. The molecule has 3 N–H and O–H groups in total. The Balaban J connectivity index is 2.61. The third kappa shape index (κ3) is 1.15. The minimum atomic E-state index is 0.180. The largest absolute Gasteiger partial charge is 0.368 e. The summed E-state index contributed by atoms with van der Waals surface area (Å²) in [5, 5.41) is 2.22. The molecular weight excluding hydrogens is 212 g/mol. The molecule has 0 atom stereocenters. The molecule has 0 unspecified atom stereocenters. The zero-order valence-electron chi connectivity index (χ0n) is 7.66. The molecule has 2 aromatic heterocycles. The third-order valence-corrected chi connectivity index (χ3v) is 2.61. The van der Waals surface area contributed by atoms with Crippen molar-refractivity contribution in [2.45, 2.75) is 0 Å². The van der Waals surface area contributed by atoms with Gasteiger partial charge in [-0.1, -0.05) is 29.8 Å². The number of nitrogens with one attached hydrogen (secondary N) is 1. The highest BCUT2D eigenvalue weighted by Crippen LogP contribution is 2.29. The lowest BCUT2D eigenvalue weighted by molar-refractivity contribution is 1.22. The van der Waals surface area contributed by atoms with Crippen molar-refractivity contribution in [2.24, 2.45) is 0 Å². The number of aromatic amines is 1. The molecule has 0 spiro atoms. The molecule has 0 saturated carbocycles. The topological polar surface area (TPSA) is 67.6 Å². The summed E-state index contributed by atoms with van der Waals surface area (Å²) in [6.07, 6.45) is 0. The molecule has 4 nitrogen and oxygen atoms in total. The van der Waals surface area contributed by atoms with Crippen LogP contribution >= 0.6 is 11.6 Å². The number of para-hydroxylation sites is 1. The van der Waals surface area contributed by atoms with Gasteiger partial charge in [0.1, 0.15) is 10.8 Å². The van der Waals surface area contributed by atoms with Gasteiger partial charge in [0.25, 0.3) is 0 Å². The molecule has 3 rings (SSSR count). The molecule has 0 bridgehead atoms. The summed E-state index contributed by atoms with van der Waals surface area (Å²) in [4.78, 5) is 11.2. The summed E-state index contributed by atoms with van der Waals surface area (Å²) in [5.41, 5.74) is 7.18. The lowest BCUT2D eigenvalue weighted by Gasteiger charge is -1.95. The quantitative estimate of drug-likeness (QED) is 0.569. The van der Waals surface area contributed by atoms with Crippen LogP contribution in [0.25, 0.3) is 21.9 Å². The summed E-state index contributed by atoms with van der Waals surface area (Å²) < 4.78 is 0. The van der Waals surface area contributed by atoms with Crippen LogP contribution in [0, 0.1) is 0 Å². The van der Waals surface area contributed by atoms with E-state index in [4.69, 9.17) is 17.3 Å². The molecule has 0 aliphatic heterocycles. The number of nitrogens with zero attached hydrogens (tertiary/aromatic N) is 2. The first-order chi connectivity index (χ1) is 7.25. The Morgan fingerprint density at radius 3 is 2.87 bits per heavy atom.